The molecule has 0 bridgehead atoms. The number of aliphatic hydroxyl groups is 1. The van der Waals surface area contributed by atoms with Gasteiger partial charge in [0, 0.05) is 25.4 Å². The summed E-state index contributed by atoms with van der Waals surface area (Å²) in [5.41, 5.74) is -0.566. The van der Waals surface area contributed by atoms with Crippen molar-refractivity contribution in [3.05, 3.63) is 48.6 Å². The van der Waals surface area contributed by atoms with Crippen LogP contribution < -0.4 is 9.64 Å². The third kappa shape index (κ3) is 4.00. The number of unbranched alkanes of at least 4 members (excludes halogenated alkanes) is 3. The third-order valence-electron chi connectivity index (χ3n) is 7.60. The Hall–Kier alpha value is -3.17. The Morgan fingerprint density at radius 2 is 1.83 bits per heavy atom. The van der Waals surface area contributed by atoms with Crippen molar-refractivity contribution in [1.29, 1.82) is 0 Å². The molecule has 0 radical (unpaired) electrons. The number of cyclic esters (lactones) is 1. The number of rotatable bonds is 8. The van der Waals surface area contributed by atoms with Crippen molar-refractivity contribution in [3.63, 3.8) is 0 Å². The van der Waals surface area contributed by atoms with Gasteiger partial charge in [0.25, 0.3) is 5.91 Å². The highest BCUT2D eigenvalue weighted by Gasteiger charge is 2.71. The zero-order valence-corrected chi connectivity index (χ0v) is 20.4. The minimum Gasteiger partial charge on any atom is -0.497 e. The first kappa shape index (κ1) is 24.5. The zero-order valence-electron chi connectivity index (χ0n) is 20.4. The Balaban J connectivity index is 1.51. The number of fused-ring (bicyclic) bond motifs is 2. The summed E-state index contributed by atoms with van der Waals surface area (Å²) in [7, 11) is 1.58. The maximum absolute atomic E-state index is 14.2. The van der Waals surface area contributed by atoms with Crippen LogP contribution in [0.3, 0.4) is 0 Å². The first-order valence-electron chi connectivity index (χ1n) is 12.6. The predicted molar refractivity (Wildman–Crippen MR) is 130 cm³/mol. The standard InChI is InChI=1S/C27H32N2O7/c1-34-19-11-9-18(10-12-19)28-15-7-13-27-22(21-20(36-27)8-6-17-35-26(21)33)24(31)29(23(27)25(28)32)14-4-2-3-5-16-30/h6-13,20-23,30H,2-5,14-17H2,1H3/t20-,21+,22-,23?,27-/m0/s1. The molecule has 1 aromatic carbocycles. The lowest BCUT2D eigenvalue weighted by Gasteiger charge is -2.35. The van der Waals surface area contributed by atoms with Gasteiger partial charge in [-0.1, -0.05) is 31.1 Å². The molecule has 0 aromatic heterocycles. The van der Waals surface area contributed by atoms with Gasteiger partial charge in [0.2, 0.25) is 5.91 Å². The fraction of sp³-hybridized carbons (Fsp3) is 0.519. The van der Waals surface area contributed by atoms with Gasteiger partial charge in [0.05, 0.1) is 19.1 Å². The average Bonchev–Trinajstić information content (AvgIpc) is 3.18. The molecule has 2 saturated heterocycles. The van der Waals surface area contributed by atoms with Crippen LogP contribution in [0.2, 0.25) is 0 Å². The molecule has 0 aliphatic carbocycles. The van der Waals surface area contributed by atoms with Crippen molar-refractivity contribution in [2.45, 2.75) is 43.4 Å². The van der Waals surface area contributed by atoms with Crippen LogP contribution in [0.15, 0.2) is 48.6 Å². The molecule has 4 aliphatic rings. The summed E-state index contributed by atoms with van der Waals surface area (Å²) in [5.74, 6) is -1.93. The summed E-state index contributed by atoms with van der Waals surface area (Å²) >= 11 is 0. The van der Waals surface area contributed by atoms with Gasteiger partial charge < -0.3 is 29.1 Å². The van der Waals surface area contributed by atoms with Crippen LogP contribution in [0.4, 0.5) is 5.69 Å². The molecule has 1 N–H and O–H groups in total. The van der Waals surface area contributed by atoms with Crippen LogP contribution in [0.25, 0.3) is 0 Å². The van der Waals surface area contributed by atoms with Crippen molar-refractivity contribution < 1.29 is 33.7 Å². The van der Waals surface area contributed by atoms with Gasteiger partial charge in [-0.3, -0.25) is 14.4 Å². The van der Waals surface area contributed by atoms with Crippen molar-refractivity contribution in [2.75, 3.05) is 38.3 Å². The highest BCUT2D eigenvalue weighted by Crippen LogP contribution is 2.53. The number of hydrogen-bond donors (Lipinski definition) is 1. The Morgan fingerprint density at radius 1 is 1.06 bits per heavy atom. The third-order valence-corrected chi connectivity index (χ3v) is 7.60. The van der Waals surface area contributed by atoms with E-state index in [0.717, 1.165) is 12.8 Å². The van der Waals surface area contributed by atoms with Gasteiger partial charge in [-0.2, -0.15) is 0 Å². The van der Waals surface area contributed by atoms with Crippen LogP contribution in [0, 0.1) is 11.8 Å². The van der Waals surface area contributed by atoms with E-state index in [-0.39, 0.29) is 25.0 Å². The molecule has 9 nitrogen and oxygen atoms in total. The lowest BCUT2D eigenvalue weighted by Crippen LogP contribution is -2.55. The summed E-state index contributed by atoms with van der Waals surface area (Å²) in [6.45, 7) is 0.951. The summed E-state index contributed by atoms with van der Waals surface area (Å²) < 4.78 is 17.1. The normalized spacial score (nSPS) is 31.0. The summed E-state index contributed by atoms with van der Waals surface area (Å²) in [6, 6.07) is 6.31. The second-order valence-electron chi connectivity index (χ2n) is 9.62. The van der Waals surface area contributed by atoms with Crippen LogP contribution in [-0.2, 0) is 23.9 Å². The topological polar surface area (TPSA) is 106 Å². The highest BCUT2D eigenvalue weighted by molar-refractivity contribution is 6.05. The quantitative estimate of drug-likeness (QED) is 0.333. The number of anilines is 1. The van der Waals surface area contributed by atoms with E-state index in [0.29, 0.717) is 37.4 Å². The highest BCUT2D eigenvalue weighted by atomic mass is 16.6. The molecule has 0 saturated carbocycles. The van der Waals surface area contributed by atoms with Crippen LogP contribution >= 0.6 is 0 Å². The van der Waals surface area contributed by atoms with E-state index >= 15 is 0 Å². The van der Waals surface area contributed by atoms with E-state index in [4.69, 9.17) is 19.3 Å². The van der Waals surface area contributed by atoms with Gasteiger partial charge >= 0.3 is 5.97 Å². The minimum absolute atomic E-state index is 0.128. The van der Waals surface area contributed by atoms with Gasteiger partial charge in [-0.25, -0.2) is 0 Å². The number of likely N-dealkylation sites (tertiary alicyclic amines) is 1. The van der Waals surface area contributed by atoms with Crippen molar-refractivity contribution in [2.24, 2.45) is 11.8 Å². The van der Waals surface area contributed by atoms with Crippen molar-refractivity contribution in [3.8, 4) is 5.75 Å². The van der Waals surface area contributed by atoms with Gasteiger partial charge in [0.1, 0.15) is 29.9 Å². The first-order valence-corrected chi connectivity index (χ1v) is 12.6. The number of amides is 2. The monoisotopic (exact) mass is 496 g/mol. The molecule has 5 atom stereocenters. The maximum Gasteiger partial charge on any atom is 0.313 e. The molecule has 2 fully saturated rings. The minimum atomic E-state index is -1.25. The molecule has 2 amide bonds. The van der Waals surface area contributed by atoms with Gasteiger partial charge in [-0.05, 0) is 43.2 Å². The largest absolute Gasteiger partial charge is 0.497 e. The van der Waals surface area contributed by atoms with Crippen LogP contribution in [-0.4, -0.2) is 79.0 Å². The van der Waals surface area contributed by atoms with E-state index in [9.17, 15) is 14.4 Å². The van der Waals surface area contributed by atoms with Crippen molar-refractivity contribution in [1.82, 2.24) is 4.90 Å². The van der Waals surface area contributed by atoms with Gasteiger partial charge in [-0.15, -0.1) is 0 Å². The number of hydrogen-bond acceptors (Lipinski definition) is 7. The fourth-order valence-corrected chi connectivity index (χ4v) is 5.95. The number of carbonyl (C=O) groups is 3. The van der Waals surface area contributed by atoms with E-state index in [1.54, 1.807) is 41.2 Å². The second kappa shape index (κ2) is 10.1. The van der Waals surface area contributed by atoms with E-state index in [1.165, 1.54) is 0 Å². The summed E-state index contributed by atoms with van der Waals surface area (Å²) in [5, 5.41) is 9.08. The molecule has 9 heteroatoms. The summed E-state index contributed by atoms with van der Waals surface area (Å²) in [4.78, 5) is 44.3. The lowest BCUT2D eigenvalue weighted by atomic mass is 9.78. The Bertz CT molecular complexity index is 1070. The average molecular weight is 497 g/mol. The Labute approximate surface area is 210 Å². The number of carbonyl (C=O) groups excluding carboxylic acids is 3. The fourth-order valence-electron chi connectivity index (χ4n) is 5.95. The molecule has 36 heavy (non-hydrogen) atoms. The number of aliphatic hydroxyl groups excluding tert-OH is 1. The summed E-state index contributed by atoms with van der Waals surface area (Å²) in [6.07, 6.45) is 9.58. The molecule has 192 valence electrons. The molecule has 1 aromatic rings. The maximum atomic E-state index is 14.2. The van der Waals surface area contributed by atoms with E-state index in [1.807, 2.05) is 24.3 Å². The van der Waals surface area contributed by atoms with Crippen LogP contribution in [0.1, 0.15) is 25.7 Å². The van der Waals surface area contributed by atoms with Crippen LogP contribution in [0.5, 0.6) is 5.75 Å². The second-order valence-corrected chi connectivity index (χ2v) is 9.62. The van der Waals surface area contributed by atoms with E-state index < -0.39 is 35.6 Å². The molecule has 1 unspecified atom stereocenters. The number of methoxy groups -OCH3 is 1. The number of benzene rings is 1. The molecule has 4 aliphatic heterocycles. The smallest absolute Gasteiger partial charge is 0.313 e. The molecule has 4 heterocycles. The zero-order chi connectivity index (χ0) is 25.3. The molecular formula is C27H32N2O7. The van der Waals surface area contributed by atoms with Crippen molar-refractivity contribution >= 4 is 23.5 Å². The van der Waals surface area contributed by atoms with E-state index in [2.05, 4.69) is 0 Å². The number of nitrogens with zero attached hydrogens (tertiary/aromatic N) is 2. The Morgan fingerprint density at radius 3 is 2.58 bits per heavy atom. The Kier molecular flexibility index (Phi) is 6.85. The SMILES string of the molecule is COc1ccc(N2CC=C[C@]34O[C@H]5C=CCOC(=O)[C@H]5[C@H]3C(=O)N(CCCCCCO)C4C2=O)cc1. The first-order chi connectivity index (χ1) is 17.5. The molecular weight excluding hydrogens is 464 g/mol. The van der Waals surface area contributed by atoms with Gasteiger partial charge in [0.15, 0.2) is 0 Å². The molecule has 1 spiro atoms. The predicted octanol–water partition coefficient (Wildman–Crippen LogP) is 1.84. The molecule has 5 rings (SSSR count). The number of esters is 1. The number of ether oxygens (including phenoxy) is 3. The lowest BCUT2D eigenvalue weighted by molar-refractivity contribution is -0.152.